The lowest BCUT2D eigenvalue weighted by molar-refractivity contribution is -0.158. The maximum Gasteiger partial charge on any atom is 0.330 e. The Morgan fingerprint density at radius 2 is 1.79 bits per heavy atom. The highest BCUT2D eigenvalue weighted by molar-refractivity contribution is 5.85. The summed E-state index contributed by atoms with van der Waals surface area (Å²) in [6, 6.07) is -0.705. The molecule has 19 heavy (non-hydrogen) atoms. The molecule has 0 aliphatic heterocycles. The number of carbonyl (C=O) groups is 2. The minimum atomic E-state index is -0.705. The van der Waals surface area contributed by atoms with Gasteiger partial charge in [0, 0.05) is 0 Å². The van der Waals surface area contributed by atoms with Crippen LogP contribution in [0, 0.1) is 22.7 Å². The smallest absolute Gasteiger partial charge is 0.330 e. The first-order valence-electron chi connectivity index (χ1n) is 7.33. The largest absolute Gasteiger partial charge is 0.350 e. The van der Waals surface area contributed by atoms with E-state index in [9.17, 15) is 9.59 Å². The van der Waals surface area contributed by atoms with E-state index in [1.165, 1.54) is 19.3 Å². The fourth-order valence-corrected chi connectivity index (χ4v) is 5.38. The van der Waals surface area contributed by atoms with E-state index in [1.807, 2.05) is 0 Å². The molecule has 4 aliphatic carbocycles. The van der Waals surface area contributed by atoms with E-state index in [2.05, 4.69) is 17.8 Å². The van der Waals surface area contributed by atoms with Crippen LogP contribution in [-0.4, -0.2) is 11.9 Å². The van der Waals surface area contributed by atoms with Crippen LogP contribution in [0.15, 0.2) is 0 Å². The van der Waals surface area contributed by atoms with E-state index in [-0.39, 0.29) is 11.3 Å². The monoisotopic (exact) mass is 265 g/mol. The molecular formula is C14H23N3O2. The summed E-state index contributed by atoms with van der Waals surface area (Å²) in [6.07, 6.45) is 7.99. The second kappa shape index (κ2) is 4.12. The van der Waals surface area contributed by atoms with Gasteiger partial charge in [-0.25, -0.2) is 10.2 Å². The molecule has 4 bridgehead atoms. The van der Waals surface area contributed by atoms with Crippen molar-refractivity contribution in [3.05, 3.63) is 0 Å². The van der Waals surface area contributed by atoms with Crippen molar-refractivity contribution in [3.8, 4) is 0 Å². The second-order valence-corrected chi connectivity index (χ2v) is 7.04. The minimum absolute atomic E-state index is 0.0294. The molecule has 0 radical (unpaired) electrons. The molecule has 4 N–H and O–H groups in total. The third-order valence-corrected chi connectivity index (χ3v) is 5.71. The summed E-state index contributed by atoms with van der Waals surface area (Å²) >= 11 is 0. The Bertz CT molecular complexity index is 407. The average molecular weight is 265 g/mol. The first-order chi connectivity index (χ1) is 8.97. The number of nitrogens with two attached hydrogens (primary N) is 1. The maximum atomic E-state index is 12.5. The molecule has 4 fully saturated rings. The van der Waals surface area contributed by atoms with Crippen molar-refractivity contribution >= 4 is 11.9 Å². The van der Waals surface area contributed by atoms with Gasteiger partial charge in [0.1, 0.15) is 0 Å². The molecule has 0 heterocycles. The van der Waals surface area contributed by atoms with Crippen molar-refractivity contribution in [2.24, 2.45) is 28.4 Å². The number of amides is 3. The summed E-state index contributed by atoms with van der Waals surface area (Å²) in [5, 5.41) is 0. The molecule has 0 aromatic rings. The van der Waals surface area contributed by atoms with Gasteiger partial charge in [0.25, 0.3) is 0 Å². The van der Waals surface area contributed by atoms with Crippen LogP contribution >= 0.6 is 0 Å². The highest BCUT2D eigenvalue weighted by Crippen LogP contribution is 2.66. The Labute approximate surface area is 113 Å². The number of hydrazine groups is 1. The minimum Gasteiger partial charge on any atom is -0.350 e. The van der Waals surface area contributed by atoms with Gasteiger partial charge < -0.3 is 5.73 Å². The highest BCUT2D eigenvalue weighted by Gasteiger charge is 2.59. The molecule has 5 heteroatoms. The van der Waals surface area contributed by atoms with Gasteiger partial charge in [-0.2, -0.15) is 0 Å². The zero-order valence-corrected chi connectivity index (χ0v) is 11.5. The van der Waals surface area contributed by atoms with Crippen LogP contribution < -0.4 is 16.6 Å². The van der Waals surface area contributed by atoms with Crippen LogP contribution in [-0.2, 0) is 4.79 Å². The zero-order valence-electron chi connectivity index (χ0n) is 11.5. The van der Waals surface area contributed by atoms with E-state index >= 15 is 0 Å². The van der Waals surface area contributed by atoms with Crippen molar-refractivity contribution in [3.63, 3.8) is 0 Å². The van der Waals surface area contributed by atoms with Crippen LogP contribution in [0.5, 0.6) is 0 Å². The van der Waals surface area contributed by atoms with Crippen molar-refractivity contribution in [2.75, 3.05) is 0 Å². The Balaban J connectivity index is 1.80. The molecule has 4 rings (SSSR count). The van der Waals surface area contributed by atoms with Gasteiger partial charge in [-0.05, 0) is 55.8 Å². The zero-order chi connectivity index (χ0) is 13.7. The van der Waals surface area contributed by atoms with E-state index in [4.69, 9.17) is 5.73 Å². The predicted molar refractivity (Wildman–Crippen MR) is 70.7 cm³/mol. The number of nitrogens with one attached hydrogen (secondary N) is 2. The Morgan fingerprint density at radius 3 is 2.32 bits per heavy atom. The average Bonchev–Trinajstić information content (AvgIpc) is 2.34. The van der Waals surface area contributed by atoms with Gasteiger partial charge in [-0.3, -0.25) is 10.2 Å². The molecule has 0 saturated heterocycles. The molecule has 4 aliphatic rings. The number of rotatable bonds is 2. The number of primary amides is 1. The first-order valence-corrected chi connectivity index (χ1v) is 7.33. The van der Waals surface area contributed by atoms with Gasteiger partial charge in [-0.1, -0.05) is 13.3 Å². The van der Waals surface area contributed by atoms with Gasteiger partial charge in [-0.15, -0.1) is 0 Å². The molecule has 4 saturated carbocycles. The van der Waals surface area contributed by atoms with Gasteiger partial charge in [0.2, 0.25) is 5.91 Å². The lowest BCUT2D eigenvalue weighted by Gasteiger charge is -2.61. The number of hydrogen-bond acceptors (Lipinski definition) is 2. The molecule has 0 aromatic heterocycles. The van der Waals surface area contributed by atoms with E-state index in [0.717, 1.165) is 25.7 Å². The SMILES string of the molecule is CCC12C[C@@H]3C[C@@H](C1)CC(C(=O)NNC(N)=O)(C3)C2. The summed E-state index contributed by atoms with van der Waals surface area (Å²) in [5.74, 6) is 1.36. The molecule has 106 valence electrons. The lowest BCUT2D eigenvalue weighted by atomic mass is 9.43. The normalized spacial score (nSPS) is 43.0. The molecule has 0 aromatic carbocycles. The summed E-state index contributed by atoms with van der Waals surface area (Å²) in [5.41, 5.74) is 9.88. The Morgan fingerprint density at radius 1 is 1.16 bits per heavy atom. The summed E-state index contributed by atoms with van der Waals surface area (Å²) < 4.78 is 0. The number of carbonyl (C=O) groups excluding carboxylic acids is 2. The summed E-state index contributed by atoms with van der Waals surface area (Å²) in [6.45, 7) is 2.25. The van der Waals surface area contributed by atoms with E-state index < -0.39 is 6.03 Å². The van der Waals surface area contributed by atoms with Gasteiger partial charge in [0.15, 0.2) is 0 Å². The molecule has 0 spiro atoms. The molecular weight excluding hydrogens is 242 g/mol. The summed E-state index contributed by atoms with van der Waals surface area (Å²) in [4.78, 5) is 23.2. The van der Waals surface area contributed by atoms with Crippen molar-refractivity contribution in [1.82, 2.24) is 10.9 Å². The van der Waals surface area contributed by atoms with Crippen LogP contribution in [0.2, 0.25) is 0 Å². The van der Waals surface area contributed by atoms with E-state index in [1.54, 1.807) is 0 Å². The third-order valence-electron chi connectivity index (χ3n) is 5.71. The number of urea groups is 1. The highest BCUT2D eigenvalue weighted by atomic mass is 16.2. The standard InChI is InChI=1S/C14H23N3O2/c1-2-13-4-9-3-10(5-13)7-14(6-9,8-13)11(18)16-17-12(15)19/h9-10H,2-8H2,1H3,(H,16,18)(H3,15,17,19)/t9-,10-,13?,14?/m0/s1. The van der Waals surface area contributed by atoms with Crippen LogP contribution in [0.3, 0.4) is 0 Å². The number of hydrogen-bond donors (Lipinski definition) is 3. The van der Waals surface area contributed by atoms with Gasteiger partial charge >= 0.3 is 6.03 Å². The summed E-state index contributed by atoms with van der Waals surface area (Å²) in [7, 11) is 0. The lowest BCUT2D eigenvalue weighted by Crippen LogP contribution is -2.60. The molecule has 0 unspecified atom stereocenters. The Hall–Kier alpha value is -1.26. The fraction of sp³-hybridized carbons (Fsp3) is 0.857. The van der Waals surface area contributed by atoms with Crippen molar-refractivity contribution in [1.29, 1.82) is 0 Å². The molecule has 3 amide bonds. The first kappa shape index (κ1) is 12.8. The van der Waals surface area contributed by atoms with Crippen LogP contribution in [0.1, 0.15) is 51.9 Å². The Kier molecular flexibility index (Phi) is 2.76. The van der Waals surface area contributed by atoms with E-state index in [0.29, 0.717) is 17.3 Å². The second-order valence-electron chi connectivity index (χ2n) is 7.04. The topological polar surface area (TPSA) is 84.2 Å². The van der Waals surface area contributed by atoms with Crippen molar-refractivity contribution < 1.29 is 9.59 Å². The molecule has 5 nitrogen and oxygen atoms in total. The van der Waals surface area contributed by atoms with Crippen LogP contribution in [0.4, 0.5) is 4.79 Å². The fourth-order valence-electron chi connectivity index (χ4n) is 5.38. The quantitative estimate of drug-likeness (QED) is 0.664. The predicted octanol–water partition coefficient (Wildman–Crippen LogP) is 1.68. The van der Waals surface area contributed by atoms with Crippen molar-refractivity contribution in [2.45, 2.75) is 51.9 Å². The maximum absolute atomic E-state index is 12.5. The van der Waals surface area contributed by atoms with Crippen LogP contribution in [0.25, 0.3) is 0 Å². The van der Waals surface area contributed by atoms with Gasteiger partial charge in [0.05, 0.1) is 5.41 Å². The third kappa shape index (κ3) is 1.99. The molecule has 2 atom stereocenters.